The molecule has 1 fully saturated rings. The lowest BCUT2D eigenvalue weighted by Crippen LogP contribution is -2.32. The van der Waals surface area contributed by atoms with E-state index in [0.717, 1.165) is 36.8 Å². The number of halogens is 3. The summed E-state index contributed by atoms with van der Waals surface area (Å²) in [5.41, 5.74) is 0.960. The second kappa shape index (κ2) is 8.75. The van der Waals surface area contributed by atoms with Crippen LogP contribution in [0.25, 0.3) is 11.3 Å². The maximum atomic E-state index is 5.99. The van der Waals surface area contributed by atoms with Gasteiger partial charge in [0.25, 0.3) is 0 Å². The van der Waals surface area contributed by atoms with Crippen LogP contribution in [0.15, 0.2) is 34.9 Å². The SMILES string of the molecule is CN(Cc1ncc(-c2cccc(Cl)c2)o1)C1CCNC1.Cl.Cl. The summed E-state index contributed by atoms with van der Waals surface area (Å²) in [7, 11) is 2.11. The molecule has 4 nitrogen and oxygen atoms in total. The van der Waals surface area contributed by atoms with Gasteiger partial charge in [-0.25, -0.2) is 4.98 Å². The fraction of sp³-hybridized carbons (Fsp3) is 0.400. The zero-order valence-electron chi connectivity index (χ0n) is 12.3. The van der Waals surface area contributed by atoms with E-state index in [4.69, 9.17) is 16.0 Å². The smallest absolute Gasteiger partial charge is 0.209 e. The van der Waals surface area contributed by atoms with Crippen LogP contribution in [0.3, 0.4) is 0 Å². The van der Waals surface area contributed by atoms with Crippen LogP contribution in [0, 0.1) is 0 Å². The van der Waals surface area contributed by atoms with E-state index in [-0.39, 0.29) is 24.8 Å². The molecule has 22 heavy (non-hydrogen) atoms. The van der Waals surface area contributed by atoms with E-state index in [0.29, 0.717) is 11.1 Å². The molecule has 122 valence electrons. The van der Waals surface area contributed by atoms with E-state index in [1.807, 2.05) is 24.3 Å². The third-order valence-corrected chi connectivity index (χ3v) is 3.94. The summed E-state index contributed by atoms with van der Waals surface area (Å²) in [6.07, 6.45) is 2.94. The Balaban J connectivity index is 0.00000121. The van der Waals surface area contributed by atoms with E-state index in [1.165, 1.54) is 6.42 Å². The minimum absolute atomic E-state index is 0. The third kappa shape index (κ3) is 4.61. The summed E-state index contributed by atoms with van der Waals surface area (Å²) in [5, 5.41) is 4.07. The van der Waals surface area contributed by atoms with Gasteiger partial charge in [-0.1, -0.05) is 23.7 Å². The van der Waals surface area contributed by atoms with Crippen molar-refractivity contribution < 1.29 is 4.42 Å². The second-order valence-electron chi connectivity index (χ2n) is 5.19. The Morgan fingerprint density at radius 3 is 2.91 bits per heavy atom. The van der Waals surface area contributed by atoms with Gasteiger partial charge in [-0.2, -0.15) is 0 Å². The van der Waals surface area contributed by atoms with Crippen molar-refractivity contribution >= 4 is 36.4 Å². The van der Waals surface area contributed by atoms with Gasteiger partial charge < -0.3 is 9.73 Å². The lowest BCUT2D eigenvalue weighted by Gasteiger charge is -2.21. The first-order chi connectivity index (χ1) is 9.72. The number of aromatic nitrogens is 1. The Kier molecular flexibility index (Phi) is 7.66. The molecule has 7 heteroatoms. The van der Waals surface area contributed by atoms with Crippen LogP contribution in [-0.4, -0.2) is 36.1 Å². The predicted octanol–water partition coefficient (Wildman–Crippen LogP) is 3.63. The summed E-state index contributed by atoms with van der Waals surface area (Å²) < 4.78 is 5.82. The molecule has 1 aliphatic heterocycles. The van der Waals surface area contributed by atoms with Crippen molar-refractivity contribution in [2.24, 2.45) is 0 Å². The molecule has 0 amide bonds. The van der Waals surface area contributed by atoms with Crippen LogP contribution in [0.1, 0.15) is 12.3 Å². The maximum Gasteiger partial charge on any atom is 0.209 e. The molecule has 1 atom stereocenters. The molecule has 1 aliphatic rings. The van der Waals surface area contributed by atoms with Gasteiger partial charge in [0, 0.05) is 23.2 Å². The Bertz CT molecular complexity index is 585. The minimum atomic E-state index is 0. The van der Waals surface area contributed by atoms with Crippen molar-refractivity contribution in [3.8, 4) is 11.3 Å². The summed E-state index contributed by atoms with van der Waals surface area (Å²) in [6.45, 7) is 2.86. The molecule has 3 rings (SSSR count). The topological polar surface area (TPSA) is 41.3 Å². The largest absolute Gasteiger partial charge is 0.439 e. The fourth-order valence-corrected chi connectivity index (χ4v) is 2.71. The number of rotatable bonds is 4. The molecule has 1 unspecified atom stereocenters. The van der Waals surface area contributed by atoms with Gasteiger partial charge in [0.2, 0.25) is 5.89 Å². The Morgan fingerprint density at radius 2 is 2.23 bits per heavy atom. The van der Waals surface area contributed by atoms with Crippen LogP contribution >= 0.6 is 36.4 Å². The number of likely N-dealkylation sites (N-methyl/N-ethyl adjacent to an activating group) is 1. The van der Waals surface area contributed by atoms with E-state index in [1.54, 1.807) is 6.20 Å². The summed E-state index contributed by atoms with van der Waals surface area (Å²) in [4.78, 5) is 6.65. The minimum Gasteiger partial charge on any atom is -0.439 e. The molecule has 0 saturated carbocycles. The molecular weight excluding hydrogens is 345 g/mol. The first-order valence-corrected chi connectivity index (χ1v) is 7.22. The number of hydrogen-bond acceptors (Lipinski definition) is 4. The van der Waals surface area contributed by atoms with E-state index >= 15 is 0 Å². The van der Waals surface area contributed by atoms with Gasteiger partial charge in [0.1, 0.15) is 0 Å². The van der Waals surface area contributed by atoms with Crippen molar-refractivity contribution in [2.45, 2.75) is 19.0 Å². The first kappa shape index (κ1) is 19.3. The first-order valence-electron chi connectivity index (χ1n) is 6.84. The van der Waals surface area contributed by atoms with Crippen molar-refractivity contribution in [1.82, 2.24) is 15.2 Å². The molecule has 0 radical (unpaired) electrons. The van der Waals surface area contributed by atoms with Crippen LogP contribution < -0.4 is 5.32 Å². The van der Waals surface area contributed by atoms with Crippen molar-refractivity contribution in [1.29, 1.82) is 0 Å². The second-order valence-corrected chi connectivity index (χ2v) is 5.63. The summed E-state index contributed by atoms with van der Waals surface area (Å²) >= 11 is 5.99. The summed E-state index contributed by atoms with van der Waals surface area (Å²) in [6, 6.07) is 8.19. The van der Waals surface area contributed by atoms with Crippen LogP contribution in [0.2, 0.25) is 5.02 Å². The maximum absolute atomic E-state index is 5.99. The Morgan fingerprint density at radius 1 is 1.41 bits per heavy atom. The molecule has 0 aliphatic carbocycles. The standard InChI is InChI=1S/C15H18ClN3O.2ClH/c1-19(13-5-6-17-8-13)10-15-18-9-14(20-15)11-3-2-4-12(16)7-11;;/h2-4,7,9,13,17H,5-6,8,10H2,1H3;2*1H. The average Bonchev–Trinajstić information content (AvgIpc) is 3.10. The van der Waals surface area contributed by atoms with E-state index in [9.17, 15) is 0 Å². The molecule has 0 spiro atoms. The normalized spacial score (nSPS) is 17.1. The van der Waals surface area contributed by atoms with Crippen molar-refractivity contribution in [2.75, 3.05) is 20.1 Å². The molecule has 2 heterocycles. The van der Waals surface area contributed by atoms with Crippen LogP contribution in [0.5, 0.6) is 0 Å². The van der Waals surface area contributed by atoms with E-state index in [2.05, 4.69) is 22.2 Å². The van der Waals surface area contributed by atoms with Crippen molar-refractivity contribution in [3.63, 3.8) is 0 Å². The molecule has 1 N–H and O–H groups in total. The quantitative estimate of drug-likeness (QED) is 0.899. The Hall–Kier alpha value is -0.780. The van der Waals surface area contributed by atoms with Gasteiger partial charge >= 0.3 is 0 Å². The highest BCUT2D eigenvalue weighted by molar-refractivity contribution is 6.30. The highest BCUT2D eigenvalue weighted by Crippen LogP contribution is 2.24. The highest BCUT2D eigenvalue weighted by Gasteiger charge is 2.20. The summed E-state index contributed by atoms with van der Waals surface area (Å²) in [5.74, 6) is 1.51. The number of benzene rings is 1. The molecule has 1 aromatic carbocycles. The van der Waals surface area contributed by atoms with Crippen LogP contribution in [-0.2, 0) is 6.54 Å². The third-order valence-electron chi connectivity index (χ3n) is 3.71. The monoisotopic (exact) mass is 363 g/mol. The van der Waals surface area contributed by atoms with Gasteiger partial charge in [-0.15, -0.1) is 24.8 Å². The number of oxazole rings is 1. The van der Waals surface area contributed by atoms with Gasteiger partial charge in [-0.3, -0.25) is 4.90 Å². The average molecular weight is 365 g/mol. The highest BCUT2D eigenvalue weighted by atomic mass is 35.5. The lowest BCUT2D eigenvalue weighted by molar-refractivity contribution is 0.226. The van der Waals surface area contributed by atoms with Crippen LogP contribution in [0.4, 0.5) is 0 Å². The van der Waals surface area contributed by atoms with Crippen molar-refractivity contribution in [3.05, 3.63) is 41.4 Å². The fourth-order valence-electron chi connectivity index (χ4n) is 2.52. The Labute approximate surface area is 148 Å². The predicted molar refractivity (Wildman–Crippen MR) is 94.2 cm³/mol. The molecular formula is C15H20Cl3N3O. The molecule has 0 bridgehead atoms. The lowest BCUT2D eigenvalue weighted by atomic mass is 10.2. The molecule has 1 aromatic heterocycles. The molecule has 1 saturated heterocycles. The zero-order chi connectivity index (χ0) is 13.9. The number of nitrogens with zero attached hydrogens (tertiary/aromatic N) is 2. The van der Waals surface area contributed by atoms with Gasteiger partial charge in [0.05, 0.1) is 12.7 Å². The number of hydrogen-bond donors (Lipinski definition) is 1. The molecule has 2 aromatic rings. The zero-order valence-corrected chi connectivity index (χ0v) is 14.7. The number of nitrogens with one attached hydrogen (secondary N) is 1. The van der Waals surface area contributed by atoms with E-state index < -0.39 is 0 Å². The van der Waals surface area contributed by atoms with Gasteiger partial charge in [-0.05, 0) is 32.1 Å². The van der Waals surface area contributed by atoms with Gasteiger partial charge in [0.15, 0.2) is 5.76 Å².